The molecule has 0 bridgehead atoms. The van der Waals surface area contributed by atoms with Crippen molar-refractivity contribution in [3.05, 3.63) is 59.5 Å². The Labute approximate surface area is 157 Å². The Kier molecular flexibility index (Phi) is 6.06. The maximum absolute atomic E-state index is 12.4. The van der Waals surface area contributed by atoms with Crippen molar-refractivity contribution in [2.24, 2.45) is 0 Å². The molecule has 0 aliphatic carbocycles. The summed E-state index contributed by atoms with van der Waals surface area (Å²) >= 11 is 0. The second-order valence-electron chi connectivity index (χ2n) is 5.69. The van der Waals surface area contributed by atoms with Gasteiger partial charge in [-0.15, -0.1) is 0 Å². The summed E-state index contributed by atoms with van der Waals surface area (Å²) in [5, 5.41) is 0. The normalized spacial score (nSPS) is 14.0. The van der Waals surface area contributed by atoms with Crippen LogP contribution in [0.2, 0.25) is 0 Å². The van der Waals surface area contributed by atoms with Crippen LogP contribution in [-0.2, 0) is 29.1 Å². The highest BCUT2D eigenvalue weighted by Gasteiger charge is 2.28. The summed E-state index contributed by atoms with van der Waals surface area (Å²) in [6.07, 6.45) is 7.37. The molecule has 0 saturated carbocycles. The lowest BCUT2D eigenvalue weighted by Crippen LogP contribution is -2.27. The van der Waals surface area contributed by atoms with Gasteiger partial charge in [0.25, 0.3) is 0 Å². The first kappa shape index (κ1) is 20.2. The fourth-order valence-corrected chi connectivity index (χ4v) is 3.11. The number of rotatable bonds is 5. The van der Waals surface area contributed by atoms with E-state index in [1.807, 2.05) is 0 Å². The van der Waals surface area contributed by atoms with Gasteiger partial charge in [0, 0.05) is 17.6 Å². The van der Waals surface area contributed by atoms with Crippen LogP contribution in [-0.4, -0.2) is 40.8 Å². The van der Waals surface area contributed by atoms with Crippen LogP contribution in [0.3, 0.4) is 0 Å². The predicted molar refractivity (Wildman–Crippen MR) is 101 cm³/mol. The number of nitrogens with one attached hydrogen (secondary N) is 1. The van der Waals surface area contributed by atoms with Crippen LogP contribution in [0.4, 0.5) is 11.4 Å². The van der Waals surface area contributed by atoms with Crippen LogP contribution in [0.25, 0.3) is 0 Å². The molecule has 0 radical (unpaired) electrons. The molecule has 0 atom stereocenters. The zero-order chi connectivity index (χ0) is 20.2. The van der Waals surface area contributed by atoms with Crippen LogP contribution in [0.5, 0.6) is 0 Å². The lowest BCUT2D eigenvalue weighted by Gasteiger charge is -2.25. The molecule has 144 valence electrons. The van der Waals surface area contributed by atoms with Crippen molar-refractivity contribution in [3.8, 4) is 0 Å². The second kappa shape index (κ2) is 8.09. The Balaban J connectivity index is 2.60. The summed E-state index contributed by atoms with van der Waals surface area (Å²) < 4.78 is 34.8. The average molecular weight is 392 g/mol. The molecule has 9 heteroatoms. The Morgan fingerprint density at radius 3 is 2.30 bits per heavy atom. The molecule has 1 aliphatic heterocycles. The molecule has 0 fully saturated rings. The minimum absolute atomic E-state index is 0.0127. The maximum Gasteiger partial charge on any atom is 0.355 e. The van der Waals surface area contributed by atoms with Gasteiger partial charge >= 0.3 is 11.9 Å². The number of hydrogen-bond donors (Lipinski definition) is 1. The standard InChI is InChI=1S/C18H20N2O6S/c1-12-11-13(19-27(4,23)24)8-9-15(12)20-10-6-5-7-14(17(21)25-2)16(20)18(22)26-3/h5-11,19H,1-4H3. The number of allylic oxidation sites excluding steroid dienone is 2. The molecule has 1 aromatic rings. The van der Waals surface area contributed by atoms with Crippen molar-refractivity contribution >= 4 is 33.3 Å². The van der Waals surface area contributed by atoms with E-state index in [0.717, 1.165) is 6.26 Å². The molecule has 2 rings (SSSR count). The summed E-state index contributed by atoms with van der Waals surface area (Å²) in [5.74, 6) is -1.40. The first-order valence-corrected chi connectivity index (χ1v) is 9.70. The molecular weight excluding hydrogens is 372 g/mol. The first-order valence-electron chi connectivity index (χ1n) is 7.81. The quantitative estimate of drug-likeness (QED) is 0.763. The van der Waals surface area contributed by atoms with Crippen molar-refractivity contribution in [2.45, 2.75) is 6.92 Å². The second-order valence-corrected chi connectivity index (χ2v) is 7.44. The summed E-state index contributed by atoms with van der Waals surface area (Å²) in [6, 6.07) is 4.81. The van der Waals surface area contributed by atoms with E-state index in [1.165, 1.54) is 25.2 Å². The fraction of sp³-hybridized carbons (Fsp3) is 0.222. The van der Waals surface area contributed by atoms with Gasteiger partial charge in [-0.05, 0) is 42.8 Å². The van der Waals surface area contributed by atoms with E-state index in [4.69, 9.17) is 9.47 Å². The van der Waals surface area contributed by atoms with E-state index in [-0.39, 0.29) is 11.3 Å². The highest BCUT2D eigenvalue weighted by atomic mass is 32.2. The molecule has 0 spiro atoms. The molecule has 0 amide bonds. The molecular formula is C18H20N2O6S. The van der Waals surface area contributed by atoms with Crippen LogP contribution in [0.1, 0.15) is 5.56 Å². The highest BCUT2D eigenvalue weighted by Crippen LogP contribution is 2.30. The summed E-state index contributed by atoms with van der Waals surface area (Å²) in [4.78, 5) is 26.1. The first-order chi connectivity index (χ1) is 12.7. The third-order valence-electron chi connectivity index (χ3n) is 3.65. The third-order valence-corrected chi connectivity index (χ3v) is 4.26. The van der Waals surface area contributed by atoms with Crippen molar-refractivity contribution in [3.63, 3.8) is 0 Å². The monoisotopic (exact) mass is 392 g/mol. The average Bonchev–Trinajstić information content (AvgIpc) is 2.82. The zero-order valence-corrected chi connectivity index (χ0v) is 16.2. The molecule has 0 unspecified atom stereocenters. The molecule has 1 N–H and O–H groups in total. The lowest BCUT2D eigenvalue weighted by molar-refractivity contribution is -0.139. The van der Waals surface area contributed by atoms with Crippen molar-refractivity contribution < 1.29 is 27.5 Å². The van der Waals surface area contributed by atoms with Gasteiger partial charge in [0.05, 0.1) is 26.0 Å². The number of methoxy groups -OCH3 is 2. The topological polar surface area (TPSA) is 102 Å². The maximum atomic E-state index is 12.4. The van der Waals surface area contributed by atoms with Gasteiger partial charge in [0.1, 0.15) is 5.70 Å². The van der Waals surface area contributed by atoms with Gasteiger partial charge < -0.3 is 14.4 Å². The Morgan fingerprint density at radius 1 is 1.07 bits per heavy atom. The fourth-order valence-electron chi connectivity index (χ4n) is 2.55. The van der Waals surface area contributed by atoms with Gasteiger partial charge in [0.15, 0.2) is 0 Å². The zero-order valence-electron chi connectivity index (χ0n) is 15.3. The van der Waals surface area contributed by atoms with E-state index < -0.39 is 22.0 Å². The third kappa shape index (κ3) is 4.76. The van der Waals surface area contributed by atoms with Crippen LogP contribution < -0.4 is 9.62 Å². The Bertz CT molecular complexity index is 960. The van der Waals surface area contributed by atoms with Crippen LogP contribution in [0.15, 0.2) is 53.9 Å². The number of nitrogens with zero attached hydrogens (tertiary/aromatic N) is 1. The van der Waals surface area contributed by atoms with E-state index in [9.17, 15) is 18.0 Å². The van der Waals surface area contributed by atoms with Gasteiger partial charge in [-0.1, -0.05) is 6.08 Å². The predicted octanol–water partition coefficient (Wildman–Crippen LogP) is 1.86. The smallest absolute Gasteiger partial charge is 0.355 e. The summed E-state index contributed by atoms with van der Waals surface area (Å²) in [6.45, 7) is 1.75. The number of sulfonamides is 1. The number of anilines is 2. The number of ether oxygens (including phenoxy) is 2. The SMILES string of the molecule is COC(=O)C1=C(C(=O)OC)N(c2ccc(NS(C)(=O)=O)cc2C)C=CC=C1. The Morgan fingerprint density at radius 2 is 1.74 bits per heavy atom. The molecule has 1 aromatic carbocycles. The van der Waals surface area contributed by atoms with Gasteiger partial charge in [-0.3, -0.25) is 4.72 Å². The highest BCUT2D eigenvalue weighted by molar-refractivity contribution is 7.92. The summed E-state index contributed by atoms with van der Waals surface area (Å²) in [7, 11) is -0.986. The molecule has 27 heavy (non-hydrogen) atoms. The van der Waals surface area contributed by atoms with Crippen LogP contribution >= 0.6 is 0 Å². The van der Waals surface area contributed by atoms with Crippen molar-refractivity contribution in [1.29, 1.82) is 0 Å². The van der Waals surface area contributed by atoms with E-state index >= 15 is 0 Å². The van der Waals surface area contributed by atoms with E-state index in [0.29, 0.717) is 16.9 Å². The van der Waals surface area contributed by atoms with Gasteiger partial charge in [0.2, 0.25) is 10.0 Å². The molecule has 8 nitrogen and oxygen atoms in total. The van der Waals surface area contributed by atoms with E-state index in [1.54, 1.807) is 43.5 Å². The van der Waals surface area contributed by atoms with Crippen LogP contribution in [0, 0.1) is 6.92 Å². The minimum Gasteiger partial charge on any atom is -0.465 e. The summed E-state index contributed by atoms with van der Waals surface area (Å²) in [5.41, 5.74) is 1.64. The van der Waals surface area contributed by atoms with Crippen molar-refractivity contribution in [2.75, 3.05) is 30.1 Å². The molecule has 0 saturated heterocycles. The number of esters is 2. The number of carbonyl (C=O) groups is 2. The minimum atomic E-state index is -3.42. The number of carbonyl (C=O) groups excluding carboxylic acids is 2. The van der Waals surface area contributed by atoms with E-state index in [2.05, 4.69) is 4.72 Å². The molecule has 1 heterocycles. The van der Waals surface area contributed by atoms with Gasteiger partial charge in [-0.25, -0.2) is 18.0 Å². The number of hydrogen-bond acceptors (Lipinski definition) is 7. The molecule has 0 aromatic heterocycles. The Hall–Kier alpha value is -3.07. The van der Waals surface area contributed by atoms with Crippen molar-refractivity contribution in [1.82, 2.24) is 0 Å². The number of benzene rings is 1. The number of aryl methyl sites for hydroxylation is 1. The van der Waals surface area contributed by atoms with Gasteiger partial charge in [-0.2, -0.15) is 0 Å². The molecule has 1 aliphatic rings. The lowest BCUT2D eigenvalue weighted by atomic mass is 10.1. The largest absolute Gasteiger partial charge is 0.465 e.